The number of anilines is 3. The van der Waals surface area contributed by atoms with Crippen LogP contribution in [0.3, 0.4) is 0 Å². The average Bonchev–Trinajstić information content (AvgIpc) is 3.65. The smallest absolute Gasteiger partial charge is 0.321 e. The van der Waals surface area contributed by atoms with E-state index in [2.05, 4.69) is 20.5 Å². The molecule has 1 aliphatic heterocycles. The van der Waals surface area contributed by atoms with Crippen molar-refractivity contribution in [2.45, 2.75) is 25.4 Å². The second-order valence-electron chi connectivity index (χ2n) is 9.26. The highest BCUT2D eigenvalue weighted by Crippen LogP contribution is 2.37. The number of carbonyl (C=O) groups excluding carboxylic acids is 2. The first-order valence-electron chi connectivity index (χ1n) is 12.2. The van der Waals surface area contributed by atoms with Crippen LogP contribution in [-0.4, -0.2) is 52.0 Å². The fourth-order valence-electron chi connectivity index (χ4n) is 4.51. The second-order valence-corrected chi connectivity index (χ2v) is 10.1. The summed E-state index contributed by atoms with van der Waals surface area (Å²) >= 11 is 1.39. The molecule has 4 aromatic rings. The number of benzene rings is 1. The van der Waals surface area contributed by atoms with Gasteiger partial charge in [0.15, 0.2) is 5.13 Å². The number of hydrogen-bond acceptors (Lipinski definition) is 6. The molecule has 0 aliphatic carbocycles. The Morgan fingerprint density at radius 3 is 2.74 bits per heavy atom. The van der Waals surface area contributed by atoms with Crippen LogP contribution >= 0.6 is 11.3 Å². The van der Waals surface area contributed by atoms with Crippen molar-refractivity contribution < 1.29 is 14.0 Å². The average molecular weight is 534 g/mol. The number of pyridine rings is 1. The van der Waals surface area contributed by atoms with Crippen LogP contribution in [0.1, 0.15) is 40.6 Å². The number of urea groups is 1. The van der Waals surface area contributed by atoms with Gasteiger partial charge in [-0.15, -0.1) is 11.3 Å². The molecule has 0 radical (unpaired) electrons. The highest BCUT2D eigenvalue weighted by molar-refractivity contribution is 7.14. The van der Waals surface area contributed by atoms with E-state index in [-0.39, 0.29) is 18.0 Å². The minimum Gasteiger partial charge on any atom is -0.363 e. The van der Waals surface area contributed by atoms with Gasteiger partial charge in [0, 0.05) is 56.3 Å². The van der Waals surface area contributed by atoms with Crippen molar-refractivity contribution in [3.63, 3.8) is 0 Å². The summed E-state index contributed by atoms with van der Waals surface area (Å²) < 4.78 is 15.2. The molecule has 38 heavy (non-hydrogen) atoms. The third kappa shape index (κ3) is 5.67. The Bertz CT molecular complexity index is 1430. The summed E-state index contributed by atoms with van der Waals surface area (Å²) in [4.78, 5) is 37.0. The largest absolute Gasteiger partial charge is 0.363 e. The fourth-order valence-corrected chi connectivity index (χ4v) is 5.26. The zero-order valence-electron chi connectivity index (χ0n) is 21.1. The molecule has 0 spiro atoms. The number of thiazole rings is 1. The van der Waals surface area contributed by atoms with Crippen LogP contribution in [0.25, 0.3) is 0 Å². The van der Waals surface area contributed by atoms with Crippen molar-refractivity contribution in [1.29, 1.82) is 0 Å². The van der Waals surface area contributed by atoms with Gasteiger partial charge in [0.25, 0.3) is 5.91 Å². The van der Waals surface area contributed by atoms with Gasteiger partial charge in [0.1, 0.15) is 5.69 Å². The highest BCUT2D eigenvalue weighted by Gasteiger charge is 2.28. The Hall–Kier alpha value is -4.25. The number of aromatic nitrogens is 3. The van der Waals surface area contributed by atoms with Crippen molar-refractivity contribution in [2.75, 3.05) is 36.2 Å². The Morgan fingerprint density at radius 2 is 1.97 bits per heavy atom. The molecule has 4 heterocycles. The Kier molecular flexibility index (Phi) is 7.36. The Morgan fingerprint density at radius 1 is 1.16 bits per heavy atom. The standard InChI is InChI=1S/C27H28FN7O2S/c1-33(2)27(37)30-19-7-9-20(10-8-19)35-14-4-5-22(35)21-17-38-26(31-21)32-25(36)23-6-3-13-34(23)16-18-11-12-29-24(28)15-18/h3,6-13,15,17,22H,4-5,14,16H2,1-2H3,(H,30,37)(H,31,32,36)/t22-/m1/s1. The van der Waals surface area contributed by atoms with E-state index in [1.165, 1.54) is 28.5 Å². The molecule has 1 saturated heterocycles. The molecular formula is C27H28FN7O2S. The number of rotatable bonds is 7. The first kappa shape index (κ1) is 25.4. The van der Waals surface area contributed by atoms with Gasteiger partial charge in [0.05, 0.1) is 11.7 Å². The molecule has 1 fully saturated rings. The number of nitrogens with zero attached hydrogens (tertiary/aromatic N) is 5. The van der Waals surface area contributed by atoms with Gasteiger partial charge in [-0.25, -0.2) is 14.8 Å². The molecule has 1 atom stereocenters. The first-order valence-corrected chi connectivity index (χ1v) is 13.1. The summed E-state index contributed by atoms with van der Waals surface area (Å²) in [6.45, 7) is 1.25. The van der Waals surface area contributed by atoms with Crippen molar-refractivity contribution in [2.24, 2.45) is 0 Å². The van der Waals surface area contributed by atoms with Gasteiger partial charge in [0.2, 0.25) is 5.95 Å². The van der Waals surface area contributed by atoms with Gasteiger partial charge >= 0.3 is 6.03 Å². The molecule has 5 rings (SSSR count). The summed E-state index contributed by atoms with van der Waals surface area (Å²) in [5.41, 5.74) is 3.88. The minimum absolute atomic E-state index is 0.101. The van der Waals surface area contributed by atoms with Crippen LogP contribution in [0, 0.1) is 5.95 Å². The molecule has 1 aliphatic rings. The summed E-state index contributed by atoms with van der Waals surface area (Å²) in [6, 6.07) is 14.3. The lowest BCUT2D eigenvalue weighted by Gasteiger charge is -2.26. The summed E-state index contributed by atoms with van der Waals surface area (Å²) in [5.74, 6) is -0.826. The molecular weight excluding hydrogens is 505 g/mol. The summed E-state index contributed by atoms with van der Waals surface area (Å²) in [5, 5.41) is 8.28. The minimum atomic E-state index is -0.552. The maximum atomic E-state index is 13.5. The van der Waals surface area contributed by atoms with Crippen LogP contribution < -0.4 is 15.5 Å². The normalized spacial score (nSPS) is 14.9. The van der Waals surface area contributed by atoms with E-state index in [4.69, 9.17) is 4.98 Å². The maximum Gasteiger partial charge on any atom is 0.321 e. The van der Waals surface area contributed by atoms with Gasteiger partial charge in [-0.3, -0.25) is 10.1 Å². The monoisotopic (exact) mass is 533 g/mol. The van der Waals surface area contributed by atoms with Gasteiger partial charge in [-0.2, -0.15) is 4.39 Å². The number of carbonyl (C=O) groups is 2. The molecule has 0 saturated carbocycles. The zero-order valence-corrected chi connectivity index (χ0v) is 21.9. The molecule has 196 valence electrons. The van der Waals surface area contributed by atoms with Crippen molar-refractivity contribution >= 4 is 39.8 Å². The topological polar surface area (TPSA) is 95.4 Å². The lowest BCUT2D eigenvalue weighted by Crippen LogP contribution is -2.27. The fraction of sp³-hybridized carbons (Fsp3) is 0.259. The van der Waals surface area contributed by atoms with Crippen LogP contribution in [0.5, 0.6) is 0 Å². The van der Waals surface area contributed by atoms with Crippen molar-refractivity contribution in [1.82, 2.24) is 19.4 Å². The second kappa shape index (κ2) is 11.0. The molecule has 0 unspecified atom stereocenters. The lowest BCUT2D eigenvalue weighted by molar-refractivity contribution is 0.101. The molecule has 1 aromatic carbocycles. The summed E-state index contributed by atoms with van der Waals surface area (Å²) in [6.07, 6.45) is 5.19. The molecule has 0 bridgehead atoms. The molecule has 3 amide bonds. The number of hydrogen-bond donors (Lipinski definition) is 2. The van der Waals surface area contributed by atoms with E-state index in [1.807, 2.05) is 29.6 Å². The highest BCUT2D eigenvalue weighted by atomic mass is 32.1. The third-order valence-corrected chi connectivity index (χ3v) is 7.18. The summed E-state index contributed by atoms with van der Waals surface area (Å²) in [7, 11) is 3.40. The van der Waals surface area contributed by atoms with E-state index in [9.17, 15) is 14.0 Å². The van der Waals surface area contributed by atoms with Gasteiger partial charge in [-0.1, -0.05) is 0 Å². The molecule has 11 heteroatoms. The van der Waals surface area contributed by atoms with E-state index in [0.717, 1.165) is 36.5 Å². The van der Waals surface area contributed by atoms with E-state index >= 15 is 0 Å². The quantitative estimate of drug-likeness (QED) is 0.318. The zero-order chi connectivity index (χ0) is 26.6. The predicted molar refractivity (Wildman–Crippen MR) is 146 cm³/mol. The maximum absolute atomic E-state index is 13.5. The van der Waals surface area contributed by atoms with Crippen LogP contribution in [-0.2, 0) is 6.54 Å². The third-order valence-electron chi connectivity index (χ3n) is 6.40. The first-order chi connectivity index (χ1) is 18.4. The van der Waals surface area contributed by atoms with Gasteiger partial charge in [-0.05, 0) is 66.9 Å². The van der Waals surface area contributed by atoms with Gasteiger partial charge < -0.3 is 19.7 Å². The SMILES string of the molecule is CN(C)C(=O)Nc1ccc(N2CCC[C@@H]2c2csc(NC(=O)c3cccn3Cc3ccnc(F)c3)n2)cc1. The van der Waals surface area contributed by atoms with Crippen LogP contribution in [0.4, 0.5) is 25.7 Å². The molecule has 2 N–H and O–H groups in total. The Balaban J connectivity index is 1.25. The van der Waals surface area contributed by atoms with E-state index in [0.29, 0.717) is 22.9 Å². The molecule has 9 nitrogen and oxygen atoms in total. The van der Waals surface area contributed by atoms with Crippen molar-refractivity contribution in [3.8, 4) is 0 Å². The van der Waals surface area contributed by atoms with Crippen molar-refractivity contribution in [3.05, 3.63) is 89.2 Å². The number of nitrogens with one attached hydrogen (secondary N) is 2. The molecule has 3 aromatic heterocycles. The predicted octanol–water partition coefficient (Wildman–Crippen LogP) is 5.21. The van der Waals surface area contributed by atoms with E-state index < -0.39 is 5.95 Å². The van der Waals surface area contributed by atoms with Crippen LogP contribution in [0.2, 0.25) is 0 Å². The van der Waals surface area contributed by atoms with E-state index in [1.54, 1.807) is 43.1 Å². The van der Waals surface area contributed by atoms with Crippen LogP contribution in [0.15, 0.2) is 66.3 Å². The Labute approximate surface area is 223 Å². The number of amides is 3. The number of halogens is 1. The lowest BCUT2D eigenvalue weighted by atomic mass is 10.1.